The van der Waals surface area contributed by atoms with E-state index in [1.54, 1.807) is 12.1 Å². The molecule has 0 radical (unpaired) electrons. The number of carbonyl (C=O) groups is 1. The van der Waals surface area contributed by atoms with Crippen LogP contribution in [0.5, 0.6) is 11.5 Å². The second-order valence-corrected chi connectivity index (χ2v) is 5.46. The van der Waals surface area contributed by atoms with Crippen LogP contribution in [0.25, 0.3) is 0 Å². The summed E-state index contributed by atoms with van der Waals surface area (Å²) in [6.45, 7) is 2.04. The fourth-order valence-electron chi connectivity index (χ4n) is 1.81. The van der Waals surface area contributed by atoms with Crippen LogP contribution in [0, 0.1) is 5.82 Å². The number of aromatic carboxylic acids is 1. The SMILES string of the molecule is CCc1cc(OCc2ccc(OC)c(F)c2)c(C(=O)O)s1. The highest BCUT2D eigenvalue weighted by molar-refractivity contribution is 7.14. The van der Waals surface area contributed by atoms with Gasteiger partial charge in [-0.2, -0.15) is 0 Å². The lowest BCUT2D eigenvalue weighted by Crippen LogP contribution is -2.00. The van der Waals surface area contributed by atoms with E-state index in [0.717, 1.165) is 11.3 Å². The summed E-state index contributed by atoms with van der Waals surface area (Å²) in [6.07, 6.45) is 0.742. The van der Waals surface area contributed by atoms with Crippen LogP contribution < -0.4 is 9.47 Å². The summed E-state index contributed by atoms with van der Waals surface area (Å²) in [6, 6.07) is 6.22. The van der Waals surface area contributed by atoms with Crippen LogP contribution in [0.15, 0.2) is 24.3 Å². The number of methoxy groups -OCH3 is 1. The van der Waals surface area contributed by atoms with Crippen molar-refractivity contribution in [2.75, 3.05) is 7.11 Å². The largest absolute Gasteiger partial charge is 0.494 e. The van der Waals surface area contributed by atoms with Crippen molar-refractivity contribution in [3.8, 4) is 11.5 Å². The molecule has 6 heteroatoms. The van der Waals surface area contributed by atoms with Gasteiger partial charge in [-0.1, -0.05) is 13.0 Å². The Labute approximate surface area is 125 Å². The third kappa shape index (κ3) is 3.52. The quantitative estimate of drug-likeness (QED) is 0.883. The molecule has 4 nitrogen and oxygen atoms in total. The van der Waals surface area contributed by atoms with Crippen LogP contribution in [0.2, 0.25) is 0 Å². The smallest absolute Gasteiger partial charge is 0.349 e. The maximum Gasteiger partial charge on any atom is 0.349 e. The predicted molar refractivity (Wildman–Crippen MR) is 77.9 cm³/mol. The molecule has 0 aliphatic rings. The minimum atomic E-state index is -1.02. The highest BCUT2D eigenvalue weighted by atomic mass is 32.1. The summed E-state index contributed by atoms with van der Waals surface area (Å²) >= 11 is 1.19. The number of hydrogen-bond acceptors (Lipinski definition) is 4. The van der Waals surface area contributed by atoms with Gasteiger partial charge in [-0.05, 0) is 30.2 Å². The van der Waals surface area contributed by atoms with Crippen molar-refractivity contribution < 1.29 is 23.8 Å². The van der Waals surface area contributed by atoms with Crippen LogP contribution >= 0.6 is 11.3 Å². The molecule has 1 aromatic carbocycles. The third-order valence-electron chi connectivity index (χ3n) is 2.90. The first-order valence-corrected chi connectivity index (χ1v) is 7.18. The van der Waals surface area contributed by atoms with E-state index in [0.29, 0.717) is 11.3 Å². The summed E-state index contributed by atoms with van der Waals surface area (Å²) in [5.41, 5.74) is 0.605. The van der Waals surface area contributed by atoms with Crippen molar-refractivity contribution in [1.82, 2.24) is 0 Å². The van der Waals surface area contributed by atoms with Gasteiger partial charge in [0.15, 0.2) is 16.4 Å². The number of thiophene rings is 1. The van der Waals surface area contributed by atoms with Gasteiger partial charge in [-0.25, -0.2) is 9.18 Å². The molecule has 0 saturated heterocycles. The molecule has 0 bridgehead atoms. The normalized spacial score (nSPS) is 10.4. The Morgan fingerprint density at radius 3 is 2.67 bits per heavy atom. The number of benzene rings is 1. The summed E-state index contributed by atoms with van der Waals surface area (Å²) in [7, 11) is 1.39. The van der Waals surface area contributed by atoms with Gasteiger partial charge in [0.25, 0.3) is 0 Å². The fourth-order valence-corrected chi connectivity index (χ4v) is 2.69. The summed E-state index contributed by atoms with van der Waals surface area (Å²) in [4.78, 5) is 12.3. The van der Waals surface area contributed by atoms with Crippen LogP contribution in [-0.2, 0) is 13.0 Å². The average Bonchev–Trinajstić information content (AvgIpc) is 2.89. The Balaban J connectivity index is 2.14. The van der Waals surface area contributed by atoms with Gasteiger partial charge in [0.1, 0.15) is 12.4 Å². The van der Waals surface area contributed by atoms with E-state index in [9.17, 15) is 9.18 Å². The van der Waals surface area contributed by atoms with E-state index in [2.05, 4.69) is 0 Å². The molecule has 1 N–H and O–H groups in total. The molecule has 2 rings (SSSR count). The standard InChI is InChI=1S/C15H15FO4S/c1-3-10-7-13(14(21-10)15(17)18)20-8-9-4-5-12(19-2)11(16)6-9/h4-7H,3,8H2,1-2H3,(H,17,18). The van der Waals surface area contributed by atoms with Crippen molar-refractivity contribution >= 4 is 17.3 Å². The zero-order valence-electron chi connectivity index (χ0n) is 11.7. The number of ether oxygens (including phenoxy) is 2. The Kier molecular flexibility index (Phi) is 4.80. The molecule has 1 aromatic heterocycles. The van der Waals surface area contributed by atoms with E-state index >= 15 is 0 Å². The zero-order valence-corrected chi connectivity index (χ0v) is 12.5. The molecule has 0 aliphatic heterocycles. The summed E-state index contributed by atoms with van der Waals surface area (Å²) in [5, 5.41) is 9.14. The number of halogens is 1. The molecule has 0 atom stereocenters. The molecule has 1 heterocycles. The Bertz CT molecular complexity index is 651. The molecule has 0 amide bonds. The molecule has 0 saturated carbocycles. The highest BCUT2D eigenvalue weighted by Crippen LogP contribution is 2.30. The molecule has 21 heavy (non-hydrogen) atoms. The Hall–Kier alpha value is -2.08. The highest BCUT2D eigenvalue weighted by Gasteiger charge is 2.16. The topological polar surface area (TPSA) is 55.8 Å². The minimum Gasteiger partial charge on any atom is -0.494 e. The molecule has 2 aromatic rings. The fraction of sp³-hybridized carbons (Fsp3) is 0.267. The maximum atomic E-state index is 13.6. The van der Waals surface area contributed by atoms with Gasteiger partial charge in [0, 0.05) is 4.88 Å². The van der Waals surface area contributed by atoms with E-state index in [1.807, 2.05) is 6.92 Å². The molecule has 0 aliphatic carbocycles. The first kappa shape index (κ1) is 15.3. The molecule has 0 unspecified atom stereocenters. The average molecular weight is 310 g/mol. The predicted octanol–water partition coefficient (Wildman–Crippen LogP) is 3.74. The Morgan fingerprint density at radius 2 is 2.10 bits per heavy atom. The van der Waals surface area contributed by atoms with Crippen LogP contribution in [-0.4, -0.2) is 18.2 Å². The van der Waals surface area contributed by atoms with E-state index in [4.69, 9.17) is 14.6 Å². The molecule has 0 fully saturated rings. The molecule has 0 spiro atoms. The van der Waals surface area contributed by atoms with Crippen molar-refractivity contribution in [1.29, 1.82) is 0 Å². The third-order valence-corrected chi connectivity index (χ3v) is 4.15. The second kappa shape index (κ2) is 6.58. The first-order chi connectivity index (χ1) is 10.0. The lowest BCUT2D eigenvalue weighted by molar-refractivity contribution is 0.0697. The molecular weight excluding hydrogens is 295 g/mol. The van der Waals surface area contributed by atoms with E-state index < -0.39 is 11.8 Å². The summed E-state index contributed by atoms with van der Waals surface area (Å²) < 4.78 is 23.9. The number of hydrogen-bond donors (Lipinski definition) is 1. The van der Waals surface area contributed by atoms with Crippen molar-refractivity contribution in [2.24, 2.45) is 0 Å². The van der Waals surface area contributed by atoms with E-state index in [-0.39, 0.29) is 17.2 Å². The van der Waals surface area contributed by atoms with Gasteiger partial charge in [-0.15, -0.1) is 11.3 Å². The van der Waals surface area contributed by atoms with E-state index in [1.165, 1.54) is 30.6 Å². The van der Waals surface area contributed by atoms with Crippen molar-refractivity contribution in [3.63, 3.8) is 0 Å². The molecular formula is C15H15FO4S. The Morgan fingerprint density at radius 1 is 1.33 bits per heavy atom. The maximum absolute atomic E-state index is 13.6. The zero-order chi connectivity index (χ0) is 15.4. The van der Waals surface area contributed by atoms with Crippen LogP contribution in [0.1, 0.15) is 27.0 Å². The van der Waals surface area contributed by atoms with Gasteiger partial charge in [-0.3, -0.25) is 0 Å². The van der Waals surface area contributed by atoms with Gasteiger partial charge in [0.05, 0.1) is 7.11 Å². The lowest BCUT2D eigenvalue weighted by atomic mass is 10.2. The van der Waals surface area contributed by atoms with Crippen LogP contribution in [0.3, 0.4) is 0 Å². The van der Waals surface area contributed by atoms with Gasteiger partial charge >= 0.3 is 5.97 Å². The van der Waals surface area contributed by atoms with Crippen LogP contribution in [0.4, 0.5) is 4.39 Å². The lowest BCUT2D eigenvalue weighted by Gasteiger charge is -2.07. The minimum absolute atomic E-state index is 0.0983. The summed E-state index contributed by atoms with van der Waals surface area (Å²) in [5.74, 6) is -1.01. The number of carboxylic acid groups (broad SMARTS) is 1. The number of aryl methyl sites for hydroxylation is 1. The monoisotopic (exact) mass is 310 g/mol. The van der Waals surface area contributed by atoms with Crippen molar-refractivity contribution in [2.45, 2.75) is 20.0 Å². The number of carboxylic acids is 1. The van der Waals surface area contributed by atoms with Crippen molar-refractivity contribution in [3.05, 3.63) is 45.4 Å². The van der Waals surface area contributed by atoms with Gasteiger partial charge < -0.3 is 14.6 Å². The molecule has 112 valence electrons. The second-order valence-electron chi connectivity index (χ2n) is 4.32. The first-order valence-electron chi connectivity index (χ1n) is 6.36. The van der Waals surface area contributed by atoms with Gasteiger partial charge in [0.2, 0.25) is 0 Å². The number of rotatable bonds is 6.